The average molecular weight is 334 g/mol. The van der Waals surface area contributed by atoms with Gasteiger partial charge in [-0.15, -0.1) is 0 Å². The topological polar surface area (TPSA) is 37.3 Å². The monoisotopic (exact) mass is 334 g/mol. The van der Waals surface area contributed by atoms with Crippen LogP contribution in [0, 0.1) is 0 Å². The smallest absolute Gasteiger partial charge is 0.307 e. The van der Waals surface area contributed by atoms with Crippen LogP contribution < -0.4 is 15.9 Å². The van der Waals surface area contributed by atoms with E-state index in [-0.39, 0.29) is 6.42 Å². The molecule has 0 fully saturated rings. The van der Waals surface area contributed by atoms with Crippen LogP contribution in [-0.4, -0.2) is 16.9 Å². The number of hydrogen-bond acceptors (Lipinski definition) is 1. The molecule has 3 heteroatoms. The number of carboxylic acid groups (broad SMARTS) is 1. The van der Waals surface area contributed by atoms with E-state index >= 15 is 0 Å². The summed E-state index contributed by atoms with van der Waals surface area (Å²) in [5.74, 6) is 1.21. The van der Waals surface area contributed by atoms with Crippen LogP contribution in [0.5, 0.6) is 0 Å². The van der Waals surface area contributed by atoms with Crippen LogP contribution in [0.4, 0.5) is 0 Å². The van der Waals surface area contributed by atoms with Crippen molar-refractivity contribution in [3.63, 3.8) is 0 Å². The molecule has 0 aromatic heterocycles. The van der Waals surface area contributed by atoms with Crippen molar-refractivity contribution in [2.45, 2.75) is 6.42 Å². The molecule has 0 amide bonds. The maximum atomic E-state index is 11.3. The van der Waals surface area contributed by atoms with E-state index < -0.39 is 12.9 Å². The van der Waals surface area contributed by atoms with Gasteiger partial charge in [-0.2, -0.15) is 0 Å². The fraction of sp³-hybridized carbons (Fsp3) is 0.0476. The van der Waals surface area contributed by atoms with Crippen molar-refractivity contribution in [3.05, 3.63) is 91.0 Å². The van der Waals surface area contributed by atoms with Gasteiger partial charge >= 0.3 is 5.97 Å². The summed E-state index contributed by atoms with van der Waals surface area (Å²) in [5, 5.41) is 12.8. The molecule has 0 bridgehead atoms. The molecule has 0 aliphatic rings. The third-order valence-electron chi connectivity index (χ3n) is 4.03. The Morgan fingerprint density at radius 2 is 1.04 bits per heavy atom. The van der Waals surface area contributed by atoms with Crippen molar-refractivity contribution in [2.75, 3.05) is 0 Å². The molecule has 0 saturated carbocycles. The number of carboxylic acids is 1. The second-order valence-electron chi connectivity index (χ2n) is 5.51. The van der Waals surface area contributed by atoms with Crippen LogP contribution in [0.25, 0.3) is 0 Å². The molecule has 0 heterocycles. The van der Waals surface area contributed by atoms with Gasteiger partial charge in [-0.25, -0.2) is 0 Å². The molecule has 3 aromatic carbocycles. The van der Waals surface area contributed by atoms with Gasteiger partial charge in [0.05, 0.1) is 6.42 Å². The van der Waals surface area contributed by atoms with Crippen molar-refractivity contribution in [2.24, 2.45) is 0 Å². The first-order chi connectivity index (χ1) is 11.7. The number of hydrogen-bond donors (Lipinski definition) is 1. The largest absolute Gasteiger partial charge is 0.481 e. The first-order valence-corrected chi connectivity index (χ1v) is 9.71. The third kappa shape index (κ3) is 3.20. The summed E-state index contributed by atoms with van der Waals surface area (Å²) >= 11 is 0. The van der Waals surface area contributed by atoms with Crippen molar-refractivity contribution in [3.8, 4) is 0 Å². The molecule has 24 heavy (non-hydrogen) atoms. The van der Waals surface area contributed by atoms with Crippen molar-refractivity contribution < 1.29 is 9.90 Å². The molecule has 0 saturated heterocycles. The predicted molar refractivity (Wildman–Crippen MR) is 103 cm³/mol. The molecule has 120 valence electrons. The molecule has 3 rings (SSSR count). The summed E-state index contributed by atoms with van der Waals surface area (Å²) < 4.78 is 0. The minimum Gasteiger partial charge on any atom is -0.481 e. The maximum absolute atomic E-state index is 11.3. The zero-order chi connectivity index (χ0) is 16.8. The maximum Gasteiger partial charge on any atom is 0.307 e. The minimum atomic E-state index is -2.11. The highest BCUT2D eigenvalue weighted by Crippen LogP contribution is 2.43. The molecule has 2 nitrogen and oxygen atoms in total. The Balaban J connectivity index is 2.37. The van der Waals surface area contributed by atoms with Crippen LogP contribution in [0.2, 0.25) is 0 Å². The summed E-state index contributed by atoms with van der Waals surface area (Å²) in [7, 11) is 0. The number of benzene rings is 3. The van der Waals surface area contributed by atoms with Crippen LogP contribution in [0.1, 0.15) is 6.42 Å². The van der Waals surface area contributed by atoms with E-state index in [1.165, 1.54) is 15.9 Å². The zero-order valence-electron chi connectivity index (χ0n) is 13.2. The zero-order valence-corrected chi connectivity index (χ0v) is 14.1. The fourth-order valence-corrected chi connectivity index (χ4v) is 6.85. The van der Waals surface area contributed by atoms with E-state index in [4.69, 9.17) is 0 Å². The fourth-order valence-electron chi connectivity index (χ4n) is 2.97. The third-order valence-corrected chi connectivity index (χ3v) is 8.10. The number of aliphatic carboxylic acids is 1. The van der Waals surface area contributed by atoms with E-state index in [2.05, 4.69) is 36.4 Å². The molecule has 0 aliphatic heterocycles. The van der Waals surface area contributed by atoms with Crippen molar-refractivity contribution in [1.29, 1.82) is 0 Å². The van der Waals surface area contributed by atoms with E-state index in [9.17, 15) is 9.90 Å². The van der Waals surface area contributed by atoms with Gasteiger partial charge < -0.3 is 5.11 Å². The summed E-state index contributed by atoms with van der Waals surface area (Å²) in [4.78, 5) is 11.3. The lowest BCUT2D eigenvalue weighted by Crippen LogP contribution is -2.27. The Morgan fingerprint density at radius 3 is 1.33 bits per heavy atom. The SMILES string of the molecule is O=C(O)CC=P(c1ccccc1)(c1ccccc1)c1ccccc1. The number of carbonyl (C=O) groups is 1. The summed E-state index contributed by atoms with van der Waals surface area (Å²) in [6.45, 7) is -2.11. The van der Waals surface area contributed by atoms with Gasteiger partial charge in [-0.05, 0) is 22.8 Å². The molecule has 0 radical (unpaired) electrons. The number of rotatable bonds is 5. The van der Waals surface area contributed by atoms with Crippen LogP contribution in [0.3, 0.4) is 0 Å². The van der Waals surface area contributed by atoms with Gasteiger partial charge in [-0.1, -0.05) is 96.8 Å². The normalized spacial score (nSPS) is 11.0. The molecule has 3 aromatic rings. The van der Waals surface area contributed by atoms with Gasteiger partial charge in [0, 0.05) is 0 Å². The van der Waals surface area contributed by atoms with Crippen LogP contribution in [-0.2, 0) is 4.79 Å². The lowest BCUT2D eigenvalue weighted by molar-refractivity contribution is -0.135. The van der Waals surface area contributed by atoms with Gasteiger partial charge in [-0.3, -0.25) is 4.79 Å². The van der Waals surface area contributed by atoms with Gasteiger partial charge in [0.1, 0.15) is 0 Å². The summed E-state index contributed by atoms with van der Waals surface area (Å²) in [5.41, 5.74) is 0. The Kier molecular flexibility index (Phi) is 4.98. The molecule has 0 unspecified atom stereocenters. The van der Waals surface area contributed by atoms with Crippen LogP contribution >= 0.6 is 6.89 Å². The average Bonchev–Trinajstić information content (AvgIpc) is 2.65. The Bertz CT molecular complexity index is 753. The standard InChI is InChI=1S/C21H19O2P/c22-21(23)16-17-24(18-10-4-1-5-11-18,19-12-6-2-7-13-19)20-14-8-3-9-15-20/h1-15,17H,16H2,(H,22,23). The predicted octanol–water partition coefficient (Wildman–Crippen LogP) is 3.26. The lowest BCUT2D eigenvalue weighted by Gasteiger charge is -2.28. The lowest BCUT2D eigenvalue weighted by atomic mass is 10.4. The quantitative estimate of drug-likeness (QED) is 0.727. The van der Waals surface area contributed by atoms with Gasteiger partial charge in [0.2, 0.25) is 0 Å². The first-order valence-electron chi connectivity index (χ1n) is 7.85. The first kappa shape index (κ1) is 16.3. The van der Waals surface area contributed by atoms with E-state index in [0.29, 0.717) is 0 Å². The van der Waals surface area contributed by atoms with Crippen molar-refractivity contribution >= 4 is 34.6 Å². The highest BCUT2D eigenvalue weighted by atomic mass is 31.2. The van der Waals surface area contributed by atoms with Gasteiger partial charge in [0.15, 0.2) is 0 Å². The highest BCUT2D eigenvalue weighted by molar-refractivity contribution is 7.94. The second kappa shape index (κ2) is 7.33. The van der Waals surface area contributed by atoms with Crippen LogP contribution in [0.15, 0.2) is 91.0 Å². The van der Waals surface area contributed by atoms with E-state index in [0.717, 1.165) is 0 Å². The second-order valence-corrected chi connectivity index (χ2v) is 8.87. The molecular weight excluding hydrogens is 315 g/mol. The van der Waals surface area contributed by atoms with Crippen molar-refractivity contribution in [1.82, 2.24) is 0 Å². The Morgan fingerprint density at radius 1 is 0.708 bits per heavy atom. The summed E-state index contributed by atoms with van der Waals surface area (Å²) in [6, 6.07) is 30.7. The minimum absolute atomic E-state index is 0.0342. The van der Waals surface area contributed by atoms with E-state index in [1.54, 1.807) is 0 Å². The Labute approximate surface area is 142 Å². The summed E-state index contributed by atoms with van der Waals surface area (Å²) in [6.07, 6.45) is 0.0342. The molecule has 0 spiro atoms. The van der Waals surface area contributed by atoms with Gasteiger partial charge in [0.25, 0.3) is 0 Å². The molecule has 0 atom stereocenters. The highest BCUT2D eigenvalue weighted by Gasteiger charge is 2.24. The molecule has 1 N–H and O–H groups in total. The van der Waals surface area contributed by atoms with E-state index in [1.807, 2.05) is 60.4 Å². The Hall–Kier alpha value is -2.57. The molecular formula is C21H19O2P. The molecule has 0 aliphatic carbocycles.